The molecule has 90 valence electrons. The number of hydrogen-bond acceptors (Lipinski definition) is 3. The average Bonchev–Trinajstić information content (AvgIpc) is 2.29. The van der Waals surface area contributed by atoms with Gasteiger partial charge in [0.05, 0.1) is 0 Å². The quantitative estimate of drug-likeness (QED) is 0.785. The molecule has 1 rings (SSSR count). The summed E-state index contributed by atoms with van der Waals surface area (Å²) in [6.07, 6.45) is 2.48. The first-order valence-corrected chi connectivity index (χ1v) is 7.22. The van der Waals surface area contributed by atoms with E-state index in [0.29, 0.717) is 5.41 Å². The van der Waals surface area contributed by atoms with E-state index in [1.54, 1.807) is 0 Å². The van der Waals surface area contributed by atoms with E-state index in [9.17, 15) is 0 Å². The highest BCUT2D eigenvalue weighted by atomic mass is 32.2. The maximum absolute atomic E-state index is 5.87. The summed E-state index contributed by atoms with van der Waals surface area (Å²) in [5.74, 6) is 1.29. The summed E-state index contributed by atoms with van der Waals surface area (Å²) in [4.78, 5) is 2.61. The van der Waals surface area contributed by atoms with Gasteiger partial charge >= 0.3 is 0 Å². The molecule has 1 saturated heterocycles. The Morgan fingerprint density at radius 1 is 1.47 bits per heavy atom. The van der Waals surface area contributed by atoms with Crippen LogP contribution in [0.15, 0.2) is 0 Å². The minimum absolute atomic E-state index is 0.320. The molecule has 0 aromatic heterocycles. The Morgan fingerprint density at radius 2 is 2.20 bits per heavy atom. The molecule has 15 heavy (non-hydrogen) atoms. The maximum atomic E-state index is 5.87. The van der Waals surface area contributed by atoms with E-state index in [-0.39, 0.29) is 0 Å². The van der Waals surface area contributed by atoms with Crippen molar-refractivity contribution in [2.24, 2.45) is 11.1 Å². The lowest BCUT2D eigenvalue weighted by atomic mass is 9.87. The third-order valence-corrected chi connectivity index (χ3v) is 5.00. The smallest absolute Gasteiger partial charge is 0.0172 e. The molecule has 1 aliphatic rings. The molecule has 0 spiro atoms. The van der Waals surface area contributed by atoms with Crippen molar-refractivity contribution in [1.82, 2.24) is 4.90 Å². The lowest BCUT2D eigenvalue weighted by molar-refractivity contribution is 0.167. The van der Waals surface area contributed by atoms with Crippen LogP contribution in [0.3, 0.4) is 0 Å². The summed E-state index contributed by atoms with van der Waals surface area (Å²) in [5.41, 5.74) is 6.19. The zero-order chi connectivity index (χ0) is 11.3. The number of nitrogens with zero attached hydrogens (tertiary/aromatic N) is 1. The number of rotatable bonds is 5. The highest BCUT2D eigenvalue weighted by molar-refractivity contribution is 8.00. The van der Waals surface area contributed by atoms with E-state index in [4.69, 9.17) is 5.73 Å². The number of hydrogen-bond donors (Lipinski definition) is 1. The second-order valence-corrected chi connectivity index (χ2v) is 6.41. The van der Waals surface area contributed by atoms with Crippen LogP contribution in [-0.2, 0) is 0 Å². The third-order valence-electron chi connectivity index (χ3n) is 3.63. The summed E-state index contributed by atoms with van der Waals surface area (Å²) in [6.45, 7) is 11.4. The van der Waals surface area contributed by atoms with Crippen LogP contribution in [0.5, 0.6) is 0 Å². The molecule has 0 bridgehead atoms. The first-order chi connectivity index (χ1) is 7.13. The molecular weight excluding hydrogens is 204 g/mol. The molecule has 0 aliphatic carbocycles. The lowest BCUT2D eigenvalue weighted by Crippen LogP contribution is -2.45. The first-order valence-electron chi connectivity index (χ1n) is 6.17. The van der Waals surface area contributed by atoms with E-state index in [0.717, 1.165) is 11.8 Å². The third kappa shape index (κ3) is 3.97. The van der Waals surface area contributed by atoms with Crippen LogP contribution in [0.4, 0.5) is 0 Å². The predicted molar refractivity (Wildman–Crippen MR) is 70.4 cm³/mol. The Morgan fingerprint density at radius 3 is 2.73 bits per heavy atom. The second kappa shape index (κ2) is 6.12. The number of thioether (sulfide) groups is 1. The molecule has 0 amide bonds. The van der Waals surface area contributed by atoms with Crippen LogP contribution in [-0.4, -0.2) is 42.1 Å². The normalized spacial score (nSPS) is 27.6. The van der Waals surface area contributed by atoms with Crippen molar-refractivity contribution >= 4 is 11.8 Å². The van der Waals surface area contributed by atoms with Crippen molar-refractivity contribution < 1.29 is 0 Å². The molecule has 1 heterocycles. The molecule has 2 unspecified atom stereocenters. The highest BCUT2D eigenvalue weighted by Gasteiger charge is 2.27. The van der Waals surface area contributed by atoms with Gasteiger partial charge in [-0.15, -0.1) is 0 Å². The van der Waals surface area contributed by atoms with Crippen molar-refractivity contribution in [2.45, 2.75) is 38.9 Å². The van der Waals surface area contributed by atoms with Crippen molar-refractivity contribution in [3.8, 4) is 0 Å². The molecular formula is C12H26N2S. The predicted octanol–water partition coefficient (Wildman–Crippen LogP) is 2.19. The summed E-state index contributed by atoms with van der Waals surface area (Å²) < 4.78 is 0. The second-order valence-electron chi connectivity index (χ2n) is 5.00. The fraction of sp³-hybridized carbons (Fsp3) is 1.00. The highest BCUT2D eigenvalue weighted by Crippen LogP contribution is 2.26. The topological polar surface area (TPSA) is 29.3 Å². The minimum Gasteiger partial charge on any atom is -0.330 e. The van der Waals surface area contributed by atoms with Crippen LogP contribution >= 0.6 is 11.8 Å². The minimum atomic E-state index is 0.320. The van der Waals surface area contributed by atoms with E-state index in [1.165, 1.54) is 38.2 Å². The van der Waals surface area contributed by atoms with E-state index >= 15 is 0 Å². The van der Waals surface area contributed by atoms with Gasteiger partial charge in [-0.25, -0.2) is 0 Å². The monoisotopic (exact) mass is 230 g/mol. The Balaban J connectivity index is 2.43. The molecule has 1 aliphatic heterocycles. The zero-order valence-electron chi connectivity index (χ0n) is 10.5. The van der Waals surface area contributed by atoms with Gasteiger partial charge in [0.1, 0.15) is 0 Å². The Bertz CT molecular complexity index is 180. The van der Waals surface area contributed by atoms with Gasteiger partial charge in [-0.2, -0.15) is 11.8 Å². The summed E-state index contributed by atoms with van der Waals surface area (Å²) in [5, 5.41) is 0.845. The van der Waals surface area contributed by atoms with Crippen LogP contribution in [0.2, 0.25) is 0 Å². The molecule has 2 N–H and O–H groups in total. The Labute approximate surface area is 99.0 Å². The summed E-state index contributed by atoms with van der Waals surface area (Å²) in [7, 11) is 0. The van der Waals surface area contributed by atoms with Crippen molar-refractivity contribution in [2.75, 3.05) is 31.9 Å². The molecule has 3 heteroatoms. The van der Waals surface area contributed by atoms with Crippen LogP contribution < -0.4 is 5.73 Å². The van der Waals surface area contributed by atoms with Crippen LogP contribution in [0, 0.1) is 5.41 Å². The number of nitrogens with two attached hydrogens (primary N) is 1. The molecule has 2 nitrogen and oxygen atoms in total. The fourth-order valence-corrected chi connectivity index (χ4v) is 3.28. The van der Waals surface area contributed by atoms with Crippen molar-refractivity contribution in [1.29, 1.82) is 0 Å². The molecule has 2 atom stereocenters. The standard InChI is InChI=1S/C12H26N2S/c1-4-11-8-14(6-7-15-11)10-12(3,5-2)9-13/h11H,4-10,13H2,1-3H3. The fourth-order valence-electron chi connectivity index (χ4n) is 2.03. The van der Waals surface area contributed by atoms with Gasteiger partial charge in [0.2, 0.25) is 0 Å². The first kappa shape index (κ1) is 13.3. The van der Waals surface area contributed by atoms with Gasteiger partial charge in [0, 0.05) is 30.6 Å². The zero-order valence-corrected chi connectivity index (χ0v) is 11.3. The van der Waals surface area contributed by atoms with Gasteiger partial charge in [-0.1, -0.05) is 20.8 Å². The van der Waals surface area contributed by atoms with Gasteiger partial charge in [-0.05, 0) is 24.8 Å². The van der Waals surface area contributed by atoms with Crippen molar-refractivity contribution in [3.63, 3.8) is 0 Å². The van der Waals surface area contributed by atoms with Crippen molar-refractivity contribution in [3.05, 3.63) is 0 Å². The molecule has 0 saturated carbocycles. The molecule has 1 fully saturated rings. The average molecular weight is 230 g/mol. The van der Waals surface area contributed by atoms with Gasteiger partial charge in [0.25, 0.3) is 0 Å². The Hall–Kier alpha value is 0.270. The molecule has 0 aromatic carbocycles. The van der Waals surface area contributed by atoms with E-state index in [1.807, 2.05) is 0 Å². The van der Waals surface area contributed by atoms with Gasteiger partial charge in [-0.3, -0.25) is 0 Å². The van der Waals surface area contributed by atoms with Crippen LogP contribution in [0.1, 0.15) is 33.6 Å². The van der Waals surface area contributed by atoms with E-state index in [2.05, 4.69) is 37.4 Å². The van der Waals surface area contributed by atoms with E-state index < -0.39 is 0 Å². The van der Waals surface area contributed by atoms with Gasteiger partial charge in [0.15, 0.2) is 0 Å². The molecule has 0 radical (unpaired) electrons. The Kier molecular flexibility index (Phi) is 5.44. The van der Waals surface area contributed by atoms with Crippen LogP contribution in [0.25, 0.3) is 0 Å². The summed E-state index contributed by atoms with van der Waals surface area (Å²) >= 11 is 2.14. The lowest BCUT2D eigenvalue weighted by Gasteiger charge is -2.38. The molecule has 0 aromatic rings. The largest absolute Gasteiger partial charge is 0.330 e. The van der Waals surface area contributed by atoms with Gasteiger partial charge < -0.3 is 10.6 Å². The maximum Gasteiger partial charge on any atom is 0.0172 e. The summed E-state index contributed by atoms with van der Waals surface area (Å²) in [6, 6.07) is 0. The SMILES string of the molecule is CCC1CN(CC(C)(CC)CN)CCS1.